The summed E-state index contributed by atoms with van der Waals surface area (Å²) in [6.07, 6.45) is 0.972. The molecule has 1 aromatic rings. The number of ether oxygens (including phenoxy) is 1. The van der Waals surface area contributed by atoms with Crippen LogP contribution in [0.4, 0.5) is 0 Å². The highest BCUT2D eigenvalue weighted by molar-refractivity contribution is 7.09. The molecule has 136 valence electrons. The molecule has 6 nitrogen and oxygen atoms in total. The fourth-order valence-electron chi connectivity index (χ4n) is 2.20. The fourth-order valence-corrected chi connectivity index (χ4v) is 2.99. The van der Waals surface area contributed by atoms with Gasteiger partial charge in [0.15, 0.2) is 5.69 Å². The third kappa shape index (κ3) is 6.20. The van der Waals surface area contributed by atoms with Gasteiger partial charge in [-0.2, -0.15) is 0 Å². The molecule has 0 spiro atoms. The Balaban J connectivity index is 2.68. The molecule has 0 saturated heterocycles. The number of nitrogens with zero attached hydrogens (tertiary/aromatic N) is 1. The van der Waals surface area contributed by atoms with Crippen LogP contribution in [-0.2, 0) is 9.53 Å². The predicted molar refractivity (Wildman–Crippen MR) is 93.9 cm³/mol. The zero-order valence-corrected chi connectivity index (χ0v) is 15.9. The highest BCUT2D eigenvalue weighted by Gasteiger charge is 2.24. The summed E-state index contributed by atoms with van der Waals surface area (Å²) in [4.78, 5) is 27.7. The summed E-state index contributed by atoms with van der Waals surface area (Å²) in [5, 5.41) is 15.4. The lowest BCUT2D eigenvalue weighted by atomic mass is 9.97. The van der Waals surface area contributed by atoms with Crippen LogP contribution in [0.25, 0.3) is 0 Å². The highest BCUT2D eigenvalue weighted by atomic mass is 32.1. The van der Waals surface area contributed by atoms with Crippen LogP contribution >= 0.6 is 11.3 Å². The van der Waals surface area contributed by atoms with E-state index < -0.39 is 12.1 Å². The minimum atomic E-state index is -0.829. The van der Waals surface area contributed by atoms with Crippen molar-refractivity contribution < 1.29 is 19.4 Å². The van der Waals surface area contributed by atoms with E-state index in [0.29, 0.717) is 23.8 Å². The van der Waals surface area contributed by atoms with Crippen LogP contribution < -0.4 is 5.32 Å². The number of esters is 1. The molecule has 0 aliphatic rings. The first-order valence-electron chi connectivity index (χ1n) is 8.29. The maximum atomic E-state index is 12.1. The molecule has 1 heterocycles. The Bertz CT molecular complexity index is 544. The molecule has 0 aliphatic heterocycles. The molecule has 0 saturated carbocycles. The lowest BCUT2D eigenvalue weighted by Crippen LogP contribution is -2.40. The molecule has 1 rings (SSSR count). The molecular formula is C17H28N2O4S. The Kier molecular flexibility index (Phi) is 8.35. The monoisotopic (exact) mass is 356 g/mol. The molecule has 0 bridgehead atoms. The van der Waals surface area contributed by atoms with Crippen molar-refractivity contribution in [3.63, 3.8) is 0 Å². The summed E-state index contributed by atoms with van der Waals surface area (Å²) in [7, 11) is 1.29. The van der Waals surface area contributed by atoms with Gasteiger partial charge in [-0.05, 0) is 11.8 Å². The van der Waals surface area contributed by atoms with Crippen LogP contribution in [0.3, 0.4) is 0 Å². The van der Waals surface area contributed by atoms with Crippen molar-refractivity contribution in [2.45, 2.75) is 59.1 Å². The zero-order chi connectivity index (χ0) is 18.3. The number of rotatable bonds is 9. The molecule has 2 N–H and O–H groups in total. The summed E-state index contributed by atoms with van der Waals surface area (Å²) in [6, 6.07) is -0.151. The van der Waals surface area contributed by atoms with Gasteiger partial charge in [-0.15, -0.1) is 11.3 Å². The van der Waals surface area contributed by atoms with Crippen LogP contribution in [0.5, 0.6) is 0 Å². The summed E-state index contributed by atoms with van der Waals surface area (Å²) < 4.78 is 4.62. The van der Waals surface area contributed by atoms with Gasteiger partial charge in [0.1, 0.15) is 11.1 Å². The molecule has 1 aromatic heterocycles. The first-order chi connectivity index (χ1) is 11.3. The van der Waals surface area contributed by atoms with Gasteiger partial charge in [-0.25, -0.2) is 9.78 Å². The average Bonchev–Trinajstić information content (AvgIpc) is 3.03. The van der Waals surface area contributed by atoms with Gasteiger partial charge in [0.2, 0.25) is 5.91 Å². The molecule has 0 fully saturated rings. The normalized spacial score (nSPS) is 15.0. The lowest BCUT2D eigenvalue weighted by molar-refractivity contribution is -0.123. The van der Waals surface area contributed by atoms with Gasteiger partial charge in [0.05, 0.1) is 7.11 Å². The Hall–Kier alpha value is -1.47. The third-order valence-electron chi connectivity index (χ3n) is 4.06. The summed E-state index contributed by atoms with van der Waals surface area (Å²) in [5.74, 6) is 0.00138. The standard InChI is InChI=1S/C17H28N2O4S/c1-6-11(4)7-15(21)18-12(10(2)3)8-14(20)16-19-13(9-24-16)17(22)23-5/h9-12,14,20H,6-8H2,1-5H3,(H,18,21)/t11-,12?,14?/m0/s1. The van der Waals surface area contributed by atoms with Crippen LogP contribution in [0.2, 0.25) is 0 Å². The van der Waals surface area contributed by atoms with E-state index in [4.69, 9.17) is 0 Å². The first kappa shape index (κ1) is 20.6. The van der Waals surface area contributed by atoms with Crippen molar-refractivity contribution in [1.29, 1.82) is 0 Å². The van der Waals surface area contributed by atoms with Crippen LogP contribution in [0, 0.1) is 11.8 Å². The molecule has 3 atom stereocenters. The summed E-state index contributed by atoms with van der Waals surface area (Å²) in [6.45, 7) is 8.11. The number of nitrogens with one attached hydrogen (secondary N) is 1. The van der Waals surface area contributed by atoms with Crippen LogP contribution in [-0.4, -0.2) is 35.1 Å². The largest absolute Gasteiger partial charge is 0.464 e. The van der Waals surface area contributed by atoms with Gasteiger partial charge in [-0.1, -0.05) is 34.1 Å². The number of hydrogen-bond acceptors (Lipinski definition) is 6. The van der Waals surface area contributed by atoms with Gasteiger partial charge in [-0.3, -0.25) is 4.79 Å². The van der Waals surface area contributed by atoms with E-state index in [9.17, 15) is 14.7 Å². The molecular weight excluding hydrogens is 328 g/mol. The maximum absolute atomic E-state index is 12.1. The first-order valence-corrected chi connectivity index (χ1v) is 9.17. The van der Waals surface area contributed by atoms with E-state index in [1.54, 1.807) is 5.38 Å². The van der Waals surface area contributed by atoms with Gasteiger partial charge in [0, 0.05) is 24.3 Å². The van der Waals surface area contributed by atoms with E-state index >= 15 is 0 Å². The zero-order valence-electron chi connectivity index (χ0n) is 15.0. The molecule has 24 heavy (non-hydrogen) atoms. The van der Waals surface area contributed by atoms with Crippen LogP contribution in [0.1, 0.15) is 68.6 Å². The van der Waals surface area contributed by atoms with Crippen molar-refractivity contribution in [2.24, 2.45) is 11.8 Å². The maximum Gasteiger partial charge on any atom is 0.357 e. The molecule has 0 aliphatic carbocycles. The summed E-state index contributed by atoms with van der Waals surface area (Å²) in [5.41, 5.74) is 0.193. The van der Waals surface area contributed by atoms with E-state index in [2.05, 4.69) is 22.0 Å². The Morgan fingerprint density at radius 2 is 2.04 bits per heavy atom. The fraction of sp³-hybridized carbons (Fsp3) is 0.706. The molecule has 0 radical (unpaired) electrons. The van der Waals surface area contributed by atoms with Gasteiger partial charge in [0.25, 0.3) is 0 Å². The number of carbonyl (C=O) groups excluding carboxylic acids is 2. The number of aromatic nitrogens is 1. The van der Waals surface area contributed by atoms with E-state index in [0.717, 1.165) is 6.42 Å². The molecule has 7 heteroatoms. The molecule has 2 unspecified atom stereocenters. The Morgan fingerprint density at radius 3 is 2.58 bits per heavy atom. The average molecular weight is 356 g/mol. The minimum absolute atomic E-state index is 0.00429. The SMILES string of the molecule is CC[C@H](C)CC(=O)NC(CC(O)c1nc(C(=O)OC)cs1)C(C)C. The number of hydrogen-bond donors (Lipinski definition) is 2. The van der Waals surface area contributed by atoms with Gasteiger partial charge >= 0.3 is 5.97 Å². The van der Waals surface area contributed by atoms with Crippen molar-refractivity contribution >= 4 is 23.2 Å². The predicted octanol–water partition coefficient (Wildman–Crippen LogP) is 2.93. The van der Waals surface area contributed by atoms with Crippen molar-refractivity contribution in [1.82, 2.24) is 10.3 Å². The molecule has 0 aromatic carbocycles. The Labute approximate surface area is 147 Å². The van der Waals surface area contributed by atoms with E-state index in [1.165, 1.54) is 18.4 Å². The molecule has 1 amide bonds. The van der Waals surface area contributed by atoms with Crippen LogP contribution in [0.15, 0.2) is 5.38 Å². The number of thiazole rings is 1. The second-order valence-electron chi connectivity index (χ2n) is 6.45. The number of aliphatic hydroxyl groups excluding tert-OH is 1. The smallest absolute Gasteiger partial charge is 0.357 e. The Morgan fingerprint density at radius 1 is 1.38 bits per heavy atom. The number of aliphatic hydroxyl groups is 1. The number of carbonyl (C=O) groups is 2. The quantitative estimate of drug-likeness (QED) is 0.664. The highest BCUT2D eigenvalue weighted by Crippen LogP contribution is 2.25. The van der Waals surface area contributed by atoms with Crippen molar-refractivity contribution in [2.75, 3.05) is 7.11 Å². The number of amides is 1. The van der Waals surface area contributed by atoms with Gasteiger partial charge < -0.3 is 15.2 Å². The van der Waals surface area contributed by atoms with Crippen molar-refractivity contribution in [3.8, 4) is 0 Å². The van der Waals surface area contributed by atoms with E-state index in [-0.39, 0.29) is 23.6 Å². The second kappa shape index (κ2) is 9.74. The lowest BCUT2D eigenvalue weighted by Gasteiger charge is -2.25. The van der Waals surface area contributed by atoms with Crippen molar-refractivity contribution in [3.05, 3.63) is 16.1 Å². The summed E-state index contributed by atoms with van der Waals surface area (Å²) >= 11 is 1.21. The van der Waals surface area contributed by atoms with E-state index in [1.807, 2.05) is 20.8 Å². The minimum Gasteiger partial charge on any atom is -0.464 e. The second-order valence-corrected chi connectivity index (χ2v) is 7.34. The number of methoxy groups -OCH3 is 1. The topological polar surface area (TPSA) is 88.5 Å². The third-order valence-corrected chi connectivity index (χ3v) is 5.01.